The molecule has 4 rings (SSSR count). The Bertz CT molecular complexity index is 621. The fourth-order valence-corrected chi connectivity index (χ4v) is 5.45. The van der Waals surface area contributed by atoms with Gasteiger partial charge in [0, 0.05) is 130 Å². The van der Waals surface area contributed by atoms with Crippen LogP contribution in [-0.4, -0.2) is 168 Å². The molecule has 4 fully saturated rings. The smallest absolute Gasteiger partial charge is 0.171 e. The van der Waals surface area contributed by atoms with Crippen molar-refractivity contribution in [2.45, 2.75) is 51.4 Å². The van der Waals surface area contributed by atoms with Gasteiger partial charge in [-0.15, -0.1) is 0 Å². The van der Waals surface area contributed by atoms with Gasteiger partial charge in [-0.2, -0.15) is 0 Å². The van der Waals surface area contributed by atoms with Crippen molar-refractivity contribution in [3.63, 3.8) is 0 Å². The predicted octanol–water partition coefficient (Wildman–Crippen LogP) is 3.71. The normalized spacial score (nSPS) is 20.7. The van der Waals surface area contributed by atoms with Crippen LogP contribution in [-0.2, 0) is 21.1 Å². The van der Waals surface area contributed by atoms with Gasteiger partial charge in [0.05, 0.1) is 0 Å². The van der Waals surface area contributed by atoms with Crippen LogP contribution < -0.4 is 0 Å². The van der Waals surface area contributed by atoms with E-state index in [1.165, 1.54) is 51.4 Å². The molecule has 4 aliphatic rings. The van der Waals surface area contributed by atoms with E-state index in [0.717, 1.165) is 72.8 Å². The van der Waals surface area contributed by atoms with Crippen LogP contribution in [0.15, 0.2) is 0 Å². The summed E-state index contributed by atoms with van der Waals surface area (Å²) < 4.78 is 0. The largest absolute Gasteiger partial charge is 0.352 e. The van der Waals surface area contributed by atoms with Crippen molar-refractivity contribution >= 4 is 69.3 Å². The van der Waals surface area contributed by atoms with Crippen molar-refractivity contribution in [3.8, 4) is 0 Å². The van der Waals surface area contributed by atoms with Gasteiger partial charge in [-0.05, 0) is 100 Å². The van der Waals surface area contributed by atoms with E-state index in [1.54, 1.807) is 0 Å². The molecule has 8 nitrogen and oxygen atoms in total. The van der Waals surface area contributed by atoms with E-state index in [1.807, 2.05) is 0 Å². The second-order valence-electron chi connectivity index (χ2n) is 11.3. The maximum absolute atomic E-state index is 5.19. The summed E-state index contributed by atoms with van der Waals surface area (Å²) in [7, 11) is 16.5. The van der Waals surface area contributed by atoms with Crippen molar-refractivity contribution in [2.75, 3.05) is 109 Å². The molecule has 4 saturated heterocycles. The van der Waals surface area contributed by atoms with Crippen molar-refractivity contribution in [3.05, 3.63) is 0 Å². The van der Waals surface area contributed by atoms with E-state index in [2.05, 4.69) is 95.6 Å². The molecular weight excluding hydrogens is 772 g/mol. The fourth-order valence-electron chi connectivity index (χ4n) is 4.72. The molecule has 0 radical (unpaired) electrons. The van der Waals surface area contributed by atoms with Crippen LogP contribution in [0.2, 0.25) is 0 Å². The maximum Gasteiger partial charge on any atom is 0.171 e. The summed E-state index contributed by atoms with van der Waals surface area (Å²) in [5, 5.41) is 3.94. The molecule has 0 bridgehead atoms. The molecule has 0 amide bonds. The van der Waals surface area contributed by atoms with Crippen LogP contribution in [0.3, 0.4) is 0 Å². The van der Waals surface area contributed by atoms with Crippen LogP contribution in [0.25, 0.3) is 0 Å². The Hall–Kier alpha value is -0.552. The summed E-state index contributed by atoms with van der Waals surface area (Å²) in [4.78, 5) is 17.1. The molecular formula is C28H56N8PtS4. The molecule has 0 aromatic heterocycles. The molecule has 0 aliphatic carbocycles. The molecule has 41 heavy (non-hydrogen) atoms. The summed E-state index contributed by atoms with van der Waals surface area (Å²) in [6.07, 6.45) is 10.1. The van der Waals surface area contributed by atoms with Gasteiger partial charge in [0.2, 0.25) is 0 Å². The van der Waals surface area contributed by atoms with Gasteiger partial charge >= 0.3 is 0 Å². The van der Waals surface area contributed by atoms with Gasteiger partial charge in [0.1, 0.15) is 0 Å². The minimum atomic E-state index is 0. The number of hydrogen-bond donors (Lipinski definition) is 0. The summed E-state index contributed by atoms with van der Waals surface area (Å²) in [5.74, 6) is 0. The molecule has 4 aliphatic heterocycles. The van der Waals surface area contributed by atoms with Crippen LogP contribution in [0.1, 0.15) is 51.4 Å². The molecule has 0 aromatic carbocycles. The monoisotopic (exact) mass is 827 g/mol. The minimum absolute atomic E-state index is 0. The summed E-state index contributed by atoms with van der Waals surface area (Å²) in [5.41, 5.74) is 0. The van der Waals surface area contributed by atoms with Gasteiger partial charge in [0.25, 0.3) is 0 Å². The van der Waals surface area contributed by atoms with Crippen molar-refractivity contribution < 1.29 is 21.1 Å². The van der Waals surface area contributed by atoms with E-state index in [0.29, 0.717) is 0 Å². The second-order valence-corrected chi connectivity index (χ2v) is 12.8. The Morgan fingerprint density at radius 1 is 0.293 bits per heavy atom. The third-order valence-electron chi connectivity index (χ3n) is 7.56. The molecule has 0 saturated carbocycles. The molecule has 4 heterocycles. The fraction of sp³-hybridized carbons (Fsp3) is 0.857. The summed E-state index contributed by atoms with van der Waals surface area (Å²) >= 11 is 20.8. The van der Waals surface area contributed by atoms with E-state index >= 15 is 0 Å². The van der Waals surface area contributed by atoms with Gasteiger partial charge in [-0.1, -0.05) is 0 Å². The van der Waals surface area contributed by atoms with Crippen LogP contribution in [0, 0.1) is 0 Å². The van der Waals surface area contributed by atoms with E-state index in [9.17, 15) is 0 Å². The first-order valence-electron chi connectivity index (χ1n) is 14.7. The van der Waals surface area contributed by atoms with Crippen LogP contribution in [0.5, 0.6) is 0 Å². The molecule has 13 heteroatoms. The van der Waals surface area contributed by atoms with Crippen molar-refractivity contribution in [1.82, 2.24) is 39.2 Å². The van der Waals surface area contributed by atoms with Crippen LogP contribution in [0.4, 0.5) is 0 Å². The predicted molar refractivity (Wildman–Crippen MR) is 188 cm³/mol. The zero-order chi connectivity index (χ0) is 30.2. The molecule has 0 unspecified atom stereocenters. The quantitative estimate of drug-likeness (QED) is 0.334. The first-order valence-corrected chi connectivity index (χ1v) is 16.3. The number of hydrogen-bond acceptors (Lipinski definition) is 4. The maximum atomic E-state index is 5.19. The zero-order valence-corrected chi connectivity index (χ0v) is 32.4. The van der Waals surface area contributed by atoms with Crippen molar-refractivity contribution in [2.24, 2.45) is 0 Å². The SMILES string of the molecule is CN1CCCCN(C)C1=S.CN1CCCCN(C)C1=S.CN1CCCCN(C)C1=S.CN1CCCCN(C)C1=S.[Pt]. The zero-order valence-electron chi connectivity index (χ0n) is 26.8. The Balaban J connectivity index is 0.000000516. The van der Waals surface area contributed by atoms with Gasteiger partial charge in [-0.3, -0.25) is 0 Å². The van der Waals surface area contributed by atoms with E-state index < -0.39 is 0 Å². The van der Waals surface area contributed by atoms with Crippen LogP contribution >= 0.6 is 48.9 Å². The number of nitrogens with zero attached hydrogens (tertiary/aromatic N) is 8. The Morgan fingerprint density at radius 2 is 0.390 bits per heavy atom. The summed E-state index contributed by atoms with van der Waals surface area (Å²) in [6.45, 7) is 8.91. The average Bonchev–Trinajstić information content (AvgIpc) is 3.32. The average molecular weight is 828 g/mol. The van der Waals surface area contributed by atoms with Crippen molar-refractivity contribution in [1.29, 1.82) is 0 Å². The van der Waals surface area contributed by atoms with Gasteiger partial charge in [-0.25, -0.2) is 0 Å². The van der Waals surface area contributed by atoms with E-state index in [4.69, 9.17) is 48.9 Å². The Morgan fingerprint density at radius 3 is 0.488 bits per heavy atom. The van der Waals surface area contributed by atoms with Gasteiger partial charge < -0.3 is 39.2 Å². The third-order valence-corrected chi connectivity index (χ3v) is 10.1. The topological polar surface area (TPSA) is 25.9 Å². The minimum Gasteiger partial charge on any atom is -0.352 e. The molecule has 0 spiro atoms. The first-order chi connectivity index (χ1) is 18.9. The Labute approximate surface area is 287 Å². The standard InChI is InChI=1S/4C7H14N2S.Pt/c4*1-8-5-3-4-6-9(2)7(8)10;/h4*3-6H2,1-2H3;. The van der Waals surface area contributed by atoms with E-state index in [-0.39, 0.29) is 21.1 Å². The van der Waals surface area contributed by atoms with Gasteiger partial charge in [0.15, 0.2) is 20.4 Å². The second kappa shape index (κ2) is 22.0. The third kappa shape index (κ3) is 15.7. The molecule has 242 valence electrons. The molecule has 0 N–H and O–H groups in total. The first kappa shape index (κ1) is 40.4. The summed E-state index contributed by atoms with van der Waals surface area (Å²) in [6, 6.07) is 0. The Kier molecular flexibility index (Phi) is 21.7. The number of rotatable bonds is 0. The molecule has 0 aromatic rings. The number of thiocarbonyl (C=S) groups is 4. The molecule has 0 atom stereocenters.